The van der Waals surface area contributed by atoms with E-state index in [1.165, 1.54) is 0 Å². The lowest BCUT2D eigenvalue weighted by Crippen LogP contribution is -2.35. The van der Waals surface area contributed by atoms with Crippen LogP contribution in [0.3, 0.4) is 0 Å². The molecule has 1 aliphatic rings. The Bertz CT molecular complexity index is 927. The minimum absolute atomic E-state index is 0.000588. The van der Waals surface area contributed by atoms with Crippen LogP contribution in [0.15, 0.2) is 41.1 Å². The lowest BCUT2D eigenvalue weighted by atomic mass is 10.0. The van der Waals surface area contributed by atoms with Crippen molar-refractivity contribution in [1.29, 1.82) is 0 Å². The number of aromatic nitrogens is 2. The average Bonchev–Trinajstić information content (AvgIpc) is 3.25. The molecule has 1 N–H and O–H groups in total. The highest BCUT2D eigenvalue weighted by molar-refractivity contribution is 5.81. The van der Waals surface area contributed by atoms with E-state index in [1.54, 1.807) is 6.26 Å². The molecule has 1 aromatic carbocycles. The van der Waals surface area contributed by atoms with E-state index in [4.69, 9.17) is 4.42 Å². The largest absolute Gasteiger partial charge is 0.464 e. The molecule has 1 aliphatic heterocycles. The topological polar surface area (TPSA) is 63.3 Å². The summed E-state index contributed by atoms with van der Waals surface area (Å²) in [7, 11) is 3.80. The van der Waals surface area contributed by atoms with Gasteiger partial charge in [-0.25, -0.2) is 0 Å². The summed E-state index contributed by atoms with van der Waals surface area (Å²) in [6.45, 7) is 2.71. The van der Waals surface area contributed by atoms with Gasteiger partial charge in [-0.1, -0.05) is 18.2 Å². The van der Waals surface area contributed by atoms with E-state index in [0.717, 1.165) is 27.8 Å². The Kier molecular flexibility index (Phi) is 3.84. The highest BCUT2D eigenvalue weighted by Crippen LogP contribution is 2.34. The number of likely N-dealkylation sites (N-methyl/N-ethyl adjacent to an activating group) is 1. The molecule has 4 rings (SSSR count). The van der Waals surface area contributed by atoms with Crippen molar-refractivity contribution in [3.8, 4) is 0 Å². The summed E-state index contributed by atoms with van der Waals surface area (Å²) >= 11 is 0. The number of hydrogen-bond acceptors (Lipinski definition) is 4. The van der Waals surface area contributed by atoms with Crippen molar-refractivity contribution >= 4 is 16.9 Å². The molecule has 1 amide bonds. The molecule has 2 aromatic heterocycles. The van der Waals surface area contributed by atoms with Crippen LogP contribution in [-0.4, -0.2) is 33.7 Å². The molecular formula is C19H22N4O2. The lowest BCUT2D eigenvalue weighted by molar-refractivity contribution is -0.127. The number of carbonyl (C=O) groups is 1. The van der Waals surface area contributed by atoms with E-state index in [2.05, 4.69) is 16.5 Å². The predicted octanol–water partition coefficient (Wildman–Crippen LogP) is 2.54. The summed E-state index contributed by atoms with van der Waals surface area (Å²) in [5, 5.41) is 9.02. The van der Waals surface area contributed by atoms with Gasteiger partial charge in [0, 0.05) is 55.3 Å². The molecule has 6 heteroatoms. The van der Waals surface area contributed by atoms with Gasteiger partial charge in [0.25, 0.3) is 0 Å². The summed E-state index contributed by atoms with van der Waals surface area (Å²) in [4.78, 5) is 14.1. The number of hydrogen-bond donors (Lipinski definition) is 1. The van der Waals surface area contributed by atoms with Crippen molar-refractivity contribution < 1.29 is 9.21 Å². The van der Waals surface area contributed by atoms with Crippen molar-refractivity contribution in [2.24, 2.45) is 7.05 Å². The second kappa shape index (κ2) is 6.04. The van der Waals surface area contributed by atoms with Crippen molar-refractivity contribution in [3.05, 3.63) is 53.5 Å². The summed E-state index contributed by atoms with van der Waals surface area (Å²) in [6.07, 6.45) is 4.16. The van der Waals surface area contributed by atoms with Crippen LogP contribution < -0.4 is 5.32 Å². The lowest BCUT2D eigenvalue weighted by Gasteiger charge is -2.25. The van der Waals surface area contributed by atoms with Crippen LogP contribution in [0.25, 0.3) is 11.0 Å². The highest BCUT2D eigenvalue weighted by atomic mass is 16.3. The van der Waals surface area contributed by atoms with Crippen LogP contribution in [0.4, 0.5) is 0 Å². The number of benzene rings is 1. The number of para-hydroxylation sites is 1. The minimum atomic E-state index is -0.000588. The predicted molar refractivity (Wildman–Crippen MR) is 94.9 cm³/mol. The van der Waals surface area contributed by atoms with E-state index in [-0.39, 0.29) is 18.0 Å². The highest BCUT2D eigenvalue weighted by Gasteiger charge is 2.39. The average molecular weight is 338 g/mol. The van der Waals surface area contributed by atoms with Gasteiger partial charge in [0.15, 0.2) is 0 Å². The zero-order chi connectivity index (χ0) is 17.6. The number of rotatable bonds is 4. The van der Waals surface area contributed by atoms with E-state index in [0.29, 0.717) is 13.0 Å². The number of aryl methyl sites for hydroxylation is 1. The number of carbonyl (C=O) groups excluding carboxylic acids is 1. The first-order chi connectivity index (χ1) is 12.1. The Hall–Kier alpha value is -2.60. The monoisotopic (exact) mass is 338 g/mol. The molecule has 3 aromatic rings. The van der Waals surface area contributed by atoms with E-state index in [9.17, 15) is 4.79 Å². The van der Waals surface area contributed by atoms with Crippen molar-refractivity contribution in [2.75, 3.05) is 7.05 Å². The molecule has 25 heavy (non-hydrogen) atoms. The number of amides is 1. The van der Waals surface area contributed by atoms with Gasteiger partial charge < -0.3 is 14.6 Å². The quantitative estimate of drug-likeness (QED) is 0.794. The standard InChI is InChI=1S/C19H22N4O2/c1-12-15(10-21-23(12)3)19-16(8-18(24)22(19)2)20-9-13-11-25-17-7-5-4-6-14(13)17/h4-7,10-11,16,19-20H,8-9H2,1-3H3/t16-,19+/m1/s1. The third-order valence-corrected chi connectivity index (χ3v) is 5.29. The zero-order valence-corrected chi connectivity index (χ0v) is 14.7. The number of nitrogens with one attached hydrogen (secondary N) is 1. The molecular weight excluding hydrogens is 316 g/mol. The summed E-state index contributed by atoms with van der Waals surface area (Å²) in [6, 6.07) is 8.05. The van der Waals surface area contributed by atoms with Crippen LogP contribution in [0.5, 0.6) is 0 Å². The Morgan fingerprint density at radius 1 is 1.32 bits per heavy atom. The Labute approximate surface area is 146 Å². The van der Waals surface area contributed by atoms with Crippen molar-refractivity contribution in [1.82, 2.24) is 20.0 Å². The van der Waals surface area contributed by atoms with Gasteiger partial charge in [-0.3, -0.25) is 9.48 Å². The van der Waals surface area contributed by atoms with E-state index < -0.39 is 0 Å². The van der Waals surface area contributed by atoms with Crippen LogP contribution in [-0.2, 0) is 18.4 Å². The maximum atomic E-state index is 12.3. The molecule has 0 aliphatic carbocycles. The third-order valence-electron chi connectivity index (χ3n) is 5.29. The summed E-state index contributed by atoms with van der Waals surface area (Å²) in [5.74, 6) is 0.155. The summed E-state index contributed by atoms with van der Waals surface area (Å²) < 4.78 is 7.46. The number of furan rings is 1. The molecule has 130 valence electrons. The van der Waals surface area contributed by atoms with Gasteiger partial charge in [-0.2, -0.15) is 5.10 Å². The fraction of sp³-hybridized carbons (Fsp3) is 0.368. The minimum Gasteiger partial charge on any atom is -0.464 e. The fourth-order valence-corrected chi connectivity index (χ4v) is 3.69. The maximum Gasteiger partial charge on any atom is 0.224 e. The van der Waals surface area contributed by atoms with Crippen LogP contribution in [0, 0.1) is 6.92 Å². The van der Waals surface area contributed by atoms with Crippen LogP contribution in [0.1, 0.15) is 29.3 Å². The Morgan fingerprint density at radius 2 is 2.12 bits per heavy atom. The SMILES string of the molecule is Cc1c([C@H]2[C@H](NCc3coc4ccccc34)CC(=O)N2C)cnn1C. The molecule has 0 bridgehead atoms. The van der Waals surface area contributed by atoms with Gasteiger partial charge in [0.1, 0.15) is 5.58 Å². The van der Waals surface area contributed by atoms with Crippen LogP contribution in [0.2, 0.25) is 0 Å². The molecule has 6 nitrogen and oxygen atoms in total. The van der Waals surface area contributed by atoms with E-state index in [1.807, 2.05) is 55.0 Å². The van der Waals surface area contributed by atoms with E-state index >= 15 is 0 Å². The number of nitrogens with zero attached hydrogens (tertiary/aromatic N) is 3. The first-order valence-corrected chi connectivity index (χ1v) is 8.49. The molecule has 0 radical (unpaired) electrons. The summed E-state index contributed by atoms with van der Waals surface area (Å²) in [5.41, 5.74) is 4.19. The van der Waals surface area contributed by atoms with Gasteiger partial charge in [-0.15, -0.1) is 0 Å². The molecule has 1 saturated heterocycles. The van der Waals surface area contributed by atoms with Gasteiger partial charge in [0.2, 0.25) is 5.91 Å². The van der Waals surface area contributed by atoms with Gasteiger partial charge >= 0.3 is 0 Å². The fourth-order valence-electron chi connectivity index (χ4n) is 3.69. The van der Waals surface area contributed by atoms with Gasteiger partial charge in [-0.05, 0) is 13.0 Å². The normalized spacial score (nSPS) is 20.8. The number of likely N-dealkylation sites (tertiary alicyclic amines) is 1. The second-order valence-electron chi connectivity index (χ2n) is 6.71. The first-order valence-electron chi connectivity index (χ1n) is 8.49. The van der Waals surface area contributed by atoms with Gasteiger partial charge in [0.05, 0.1) is 18.5 Å². The zero-order valence-electron chi connectivity index (χ0n) is 14.7. The molecule has 0 unspecified atom stereocenters. The molecule has 0 spiro atoms. The third kappa shape index (κ3) is 2.62. The smallest absolute Gasteiger partial charge is 0.224 e. The molecule has 1 fully saturated rings. The number of fused-ring (bicyclic) bond motifs is 1. The molecule has 0 saturated carbocycles. The Morgan fingerprint density at radius 3 is 2.88 bits per heavy atom. The van der Waals surface area contributed by atoms with Crippen molar-refractivity contribution in [2.45, 2.75) is 32.0 Å². The Balaban J connectivity index is 1.58. The van der Waals surface area contributed by atoms with Crippen molar-refractivity contribution in [3.63, 3.8) is 0 Å². The molecule has 3 heterocycles. The van der Waals surface area contributed by atoms with Crippen LogP contribution >= 0.6 is 0 Å². The maximum absolute atomic E-state index is 12.3. The second-order valence-corrected chi connectivity index (χ2v) is 6.71. The molecule has 2 atom stereocenters. The first kappa shape index (κ1) is 15.9.